The lowest BCUT2D eigenvalue weighted by Gasteiger charge is -2.21. The predicted molar refractivity (Wildman–Crippen MR) is 95.9 cm³/mol. The number of nitrogens with two attached hydrogens (primary N) is 1. The van der Waals surface area contributed by atoms with Crippen LogP contribution in [0.4, 0.5) is 0 Å². The van der Waals surface area contributed by atoms with Crippen molar-refractivity contribution < 1.29 is 19.0 Å². The van der Waals surface area contributed by atoms with Gasteiger partial charge in [0, 0.05) is 0 Å². The first-order valence-corrected chi connectivity index (χ1v) is 8.68. The Hall–Kier alpha value is -1.81. The highest BCUT2D eigenvalue weighted by molar-refractivity contribution is 6.33. The molecule has 0 unspecified atom stereocenters. The average molecular weight is 386 g/mol. The largest absolute Gasteiger partial charge is 0.376 e. The third-order valence-corrected chi connectivity index (χ3v) is 3.59. The van der Waals surface area contributed by atoms with Gasteiger partial charge in [-0.15, -0.1) is 0 Å². The van der Waals surface area contributed by atoms with Crippen LogP contribution in [0.1, 0.15) is 38.3 Å². The van der Waals surface area contributed by atoms with Crippen LogP contribution in [0.25, 0.3) is 11.2 Å². The normalized spacial score (nSPS) is 12.0. The third kappa shape index (κ3) is 5.60. The van der Waals surface area contributed by atoms with Crippen LogP contribution < -0.4 is 5.73 Å². The molecule has 10 heteroatoms. The standard InChI is InChI=1S/C16H24ClN5O4/c1-9(2)24-5-11(6-25-10(3)4)26-8-22-7-19-15-12(22)13(17)20-16(21-15)14(18)23/h7,9-11H,5-6,8H2,1-4H3,(H2,18,23). The molecule has 2 aromatic heterocycles. The second kappa shape index (κ2) is 9.22. The molecule has 0 radical (unpaired) electrons. The molecule has 9 nitrogen and oxygen atoms in total. The Balaban J connectivity index is 2.11. The maximum atomic E-state index is 11.2. The van der Waals surface area contributed by atoms with E-state index in [1.807, 2.05) is 27.7 Å². The van der Waals surface area contributed by atoms with Crippen molar-refractivity contribution in [3.8, 4) is 0 Å². The second-order valence-corrected chi connectivity index (χ2v) is 6.63. The number of aromatic nitrogens is 4. The van der Waals surface area contributed by atoms with Crippen LogP contribution >= 0.6 is 11.6 Å². The van der Waals surface area contributed by atoms with E-state index in [2.05, 4.69) is 15.0 Å². The fourth-order valence-corrected chi connectivity index (χ4v) is 2.35. The Morgan fingerprint density at radius 1 is 1.15 bits per heavy atom. The zero-order valence-electron chi connectivity index (χ0n) is 15.3. The summed E-state index contributed by atoms with van der Waals surface area (Å²) in [6, 6.07) is 0. The summed E-state index contributed by atoms with van der Waals surface area (Å²) in [5.41, 5.74) is 5.92. The fourth-order valence-electron chi connectivity index (χ4n) is 2.07. The Bertz CT molecular complexity index is 738. The molecule has 0 bridgehead atoms. The number of rotatable bonds is 10. The minimum absolute atomic E-state index is 0.0818. The molecule has 0 aliphatic carbocycles. The summed E-state index contributed by atoms with van der Waals surface area (Å²) >= 11 is 6.15. The molecule has 2 rings (SSSR count). The number of imidazole rings is 1. The first kappa shape index (κ1) is 20.5. The Morgan fingerprint density at radius 3 is 2.31 bits per heavy atom. The molecule has 0 saturated heterocycles. The van der Waals surface area contributed by atoms with Crippen LogP contribution in [0.3, 0.4) is 0 Å². The van der Waals surface area contributed by atoms with Gasteiger partial charge in [-0.2, -0.15) is 0 Å². The summed E-state index contributed by atoms with van der Waals surface area (Å²) in [6.45, 7) is 8.77. The minimum Gasteiger partial charge on any atom is -0.376 e. The van der Waals surface area contributed by atoms with Crippen molar-refractivity contribution in [3.05, 3.63) is 17.3 Å². The maximum Gasteiger partial charge on any atom is 0.286 e. The van der Waals surface area contributed by atoms with Gasteiger partial charge in [0.15, 0.2) is 10.8 Å². The Labute approximate surface area is 156 Å². The molecule has 0 saturated carbocycles. The lowest BCUT2D eigenvalue weighted by Crippen LogP contribution is -2.29. The van der Waals surface area contributed by atoms with Crippen molar-refractivity contribution in [2.75, 3.05) is 13.2 Å². The van der Waals surface area contributed by atoms with E-state index in [0.717, 1.165) is 0 Å². The summed E-state index contributed by atoms with van der Waals surface area (Å²) in [7, 11) is 0. The molecule has 0 atom stereocenters. The van der Waals surface area contributed by atoms with Crippen LogP contribution in [0.5, 0.6) is 0 Å². The smallest absolute Gasteiger partial charge is 0.286 e. The van der Waals surface area contributed by atoms with Crippen molar-refractivity contribution >= 4 is 28.7 Å². The molecule has 2 N–H and O–H groups in total. The van der Waals surface area contributed by atoms with Crippen LogP contribution in [0.2, 0.25) is 5.15 Å². The van der Waals surface area contributed by atoms with Gasteiger partial charge in [0.1, 0.15) is 18.4 Å². The van der Waals surface area contributed by atoms with Gasteiger partial charge in [0.2, 0.25) is 5.82 Å². The van der Waals surface area contributed by atoms with E-state index >= 15 is 0 Å². The lowest BCUT2D eigenvalue weighted by molar-refractivity contribution is -0.0987. The molecular formula is C16H24ClN5O4. The van der Waals surface area contributed by atoms with Crippen molar-refractivity contribution in [3.63, 3.8) is 0 Å². The van der Waals surface area contributed by atoms with Crippen molar-refractivity contribution in [2.24, 2.45) is 5.73 Å². The van der Waals surface area contributed by atoms with Crippen LogP contribution in [0.15, 0.2) is 6.33 Å². The van der Waals surface area contributed by atoms with Gasteiger partial charge in [-0.05, 0) is 27.7 Å². The molecule has 0 fully saturated rings. The molecule has 144 valence electrons. The van der Waals surface area contributed by atoms with Crippen molar-refractivity contribution in [2.45, 2.75) is 52.7 Å². The maximum absolute atomic E-state index is 11.2. The molecule has 0 aromatic carbocycles. The highest BCUT2D eigenvalue weighted by Gasteiger charge is 2.17. The highest BCUT2D eigenvalue weighted by Crippen LogP contribution is 2.20. The number of nitrogens with zero attached hydrogens (tertiary/aromatic N) is 4. The highest BCUT2D eigenvalue weighted by atomic mass is 35.5. The molecule has 0 aliphatic rings. The number of halogens is 1. The quantitative estimate of drug-likeness (QED) is 0.619. The summed E-state index contributed by atoms with van der Waals surface area (Å²) < 4.78 is 18.8. The lowest BCUT2D eigenvalue weighted by atomic mass is 10.3. The van der Waals surface area contributed by atoms with E-state index < -0.39 is 5.91 Å². The monoisotopic (exact) mass is 385 g/mol. The van der Waals surface area contributed by atoms with Gasteiger partial charge in [-0.3, -0.25) is 4.79 Å². The Kier molecular flexibility index (Phi) is 7.27. The number of primary amides is 1. The second-order valence-electron chi connectivity index (χ2n) is 6.27. The van der Waals surface area contributed by atoms with Crippen molar-refractivity contribution in [1.82, 2.24) is 19.5 Å². The molecule has 2 heterocycles. The SMILES string of the molecule is CC(C)OCC(COC(C)C)OCn1cnc2nc(C(N)=O)nc(Cl)c21. The van der Waals surface area contributed by atoms with E-state index in [9.17, 15) is 4.79 Å². The van der Waals surface area contributed by atoms with E-state index in [1.54, 1.807) is 4.57 Å². The van der Waals surface area contributed by atoms with Gasteiger partial charge in [0.25, 0.3) is 5.91 Å². The number of hydrogen-bond acceptors (Lipinski definition) is 7. The molecule has 2 aromatic rings. The molecule has 1 amide bonds. The van der Waals surface area contributed by atoms with Crippen LogP contribution in [0, 0.1) is 0 Å². The van der Waals surface area contributed by atoms with Gasteiger partial charge < -0.3 is 24.5 Å². The topological polar surface area (TPSA) is 114 Å². The summed E-state index contributed by atoms with van der Waals surface area (Å²) in [5.74, 6) is -0.946. The number of carbonyl (C=O) groups excluding carboxylic acids is 1. The molecular weight excluding hydrogens is 362 g/mol. The number of ether oxygens (including phenoxy) is 3. The van der Waals surface area contributed by atoms with Crippen LogP contribution in [-0.2, 0) is 20.9 Å². The van der Waals surface area contributed by atoms with E-state index in [1.165, 1.54) is 6.33 Å². The summed E-state index contributed by atoms with van der Waals surface area (Å²) in [6.07, 6.45) is 1.43. The zero-order valence-corrected chi connectivity index (χ0v) is 16.1. The predicted octanol–water partition coefficient (Wildman–Crippen LogP) is 1.77. The van der Waals surface area contributed by atoms with Gasteiger partial charge >= 0.3 is 0 Å². The fraction of sp³-hybridized carbons (Fsp3) is 0.625. The first-order valence-electron chi connectivity index (χ1n) is 8.31. The summed E-state index contributed by atoms with van der Waals surface area (Å²) in [4.78, 5) is 23.2. The molecule has 26 heavy (non-hydrogen) atoms. The zero-order chi connectivity index (χ0) is 19.3. The van der Waals surface area contributed by atoms with Gasteiger partial charge in [-0.1, -0.05) is 11.6 Å². The van der Waals surface area contributed by atoms with Gasteiger partial charge in [0.05, 0.1) is 31.7 Å². The summed E-state index contributed by atoms with van der Waals surface area (Å²) in [5, 5.41) is 0.0818. The third-order valence-electron chi connectivity index (χ3n) is 3.33. The minimum atomic E-state index is -0.767. The van der Waals surface area contributed by atoms with Gasteiger partial charge in [-0.25, -0.2) is 15.0 Å². The Morgan fingerprint density at radius 2 is 1.77 bits per heavy atom. The molecule has 0 aliphatic heterocycles. The average Bonchev–Trinajstić information content (AvgIpc) is 2.97. The number of fused-ring (bicyclic) bond motifs is 1. The molecule has 0 spiro atoms. The van der Waals surface area contributed by atoms with Crippen molar-refractivity contribution in [1.29, 1.82) is 0 Å². The van der Waals surface area contributed by atoms with E-state index in [-0.39, 0.29) is 41.7 Å². The van der Waals surface area contributed by atoms with Crippen LogP contribution in [-0.4, -0.2) is 57.0 Å². The van der Waals surface area contributed by atoms with E-state index in [0.29, 0.717) is 18.7 Å². The number of amides is 1. The first-order chi connectivity index (χ1) is 12.3. The number of hydrogen-bond donors (Lipinski definition) is 1. The number of carbonyl (C=O) groups is 1. The van der Waals surface area contributed by atoms with E-state index in [4.69, 9.17) is 31.5 Å².